The molecule has 1 aromatic heterocycles. The SMILES string of the molecule is COc1ncc(B2OCC(C)(C)CO2)cc1C(C)C. The van der Waals surface area contributed by atoms with Crippen molar-refractivity contribution < 1.29 is 14.0 Å². The minimum absolute atomic E-state index is 0.0806. The van der Waals surface area contributed by atoms with Crippen molar-refractivity contribution in [2.24, 2.45) is 5.41 Å². The number of hydrogen-bond acceptors (Lipinski definition) is 4. The van der Waals surface area contributed by atoms with Crippen LogP contribution in [0.25, 0.3) is 0 Å². The molecule has 0 saturated carbocycles. The van der Waals surface area contributed by atoms with Gasteiger partial charge in [0.25, 0.3) is 0 Å². The maximum absolute atomic E-state index is 5.78. The summed E-state index contributed by atoms with van der Waals surface area (Å²) in [6.45, 7) is 9.90. The first-order valence-corrected chi connectivity index (χ1v) is 6.70. The average Bonchev–Trinajstić information content (AvgIpc) is 2.38. The Labute approximate surface area is 115 Å². The van der Waals surface area contributed by atoms with Crippen LogP contribution in [0.5, 0.6) is 5.88 Å². The van der Waals surface area contributed by atoms with Gasteiger partial charge in [0, 0.05) is 35.9 Å². The van der Waals surface area contributed by atoms with Crippen molar-refractivity contribution in [2.75, 3.05) is 20.3 Å². The van der Waals surface area contributed by atoms with Gasteiger partial charge >= 0.3 is 7.12 Å². The maximum atomic E-state index is 5.78. The molecule has 1 aromatic rings. The molecule has 0 spiro atoms. The van der Waals surface area contributed by atoms with E-state index in [-0.39, 0.29) is 12.5 Å². The van der Waals surface area contributed by atoms with Gasteiger partial charge in [-0.2, -0.15) is 0 Å². The molecule has 0 unspecified atom stereocenters. The predicted octanol–water partition coefficient (Wildman–Crippen LogP) is 1.98. The molecule has 0 bridgehead atoms. The summed E-state index contributed by atoms with van der Waals surface area (Å²) in [6, 6.07) is 2.07. The van der Waals surface area contributed by atoms with Crippen LogP contribution in [0.1, 0.15) is 39.2 Å². The molecule has 2 heterocycles. The molecule has 2 rings (SSSR count). The lowest BCUT2D eigenvalue weighted by Crippen LogP contribution is -2.47. The quantitative estimate of drug-likeness (QED) is 0.782. The Morgan fingerprint density at radius 1 is 1.32 bits per heavy atom. The topological polar surface area (TPSA) is 40.6 Å². The van der Waals surface area contributed by atoms with Crippen molar-refractivity contribution in [3.05, 3.63) is 17.8 Å². The summed E-state index contributed by atoms with van der Waals surface area (Å²) < 4.78 is 16.9. The number of nitrogens with zero attached hydrogens (tertiary/aromatic N) is 1. The molecule has 0 aromatic carbocycles. The van der Waals surface area contributed by atoms with Crippen molar-refractivity contribution in [2.45, 2.75) is 33.6 Å². The van der Waals surface area contributed by atoms with Crippen molar-refractivity contribution in [3.63, 3.8) is 0 Å². The summed E-state index contributed by atoms with van der Waals surface area (Å²) in [7, 11) is 1.33. The smallest absolute Gasteiger partial charge is 0.481 e. The van der Waals surface area contributed by atoms with Gasteiger partial charge in [0.05, 0.1) is 7.11 Å². The van der Waals surface area contributed by atoms with E-state index in [2.05, 4.69) is 38.7 Å². The van der Waals surface area contributed by atoms with Crippen LogP contribution in [-0.4, -0.2) is 32.4 Å². The fourth-order valence-electron chi connectivity index (χ4n) is 2.08. The van der Waals surface area contributed by atoms with Crippen LogP contribution in [0.2, 0.25) is 0 Å². The molecule has 4 nitrogen and oxygen atoms in total. The van der Waals surface area contributed by atoms with Gasteiger partial charge in [0.15, 0.2) is 0 Å². The average molecular weight is 263 g/mol. The van der Waals surface area contributed by atoms with E-state index in [1.54, 1.807) is 13.3 Å². The molecule has 1 fully saturated rings. The van der Waals surface area contributed by atoms with Crippen LogP contribution in [0.15, 0.2) is 12.3 Å². The summed E-state index contributed by atoms with van der Waals surface area (Å²) in [5.41, 5.74) is 2.12. The molecule has 0 aliphatic carbocycles. The second kappa shape index (κ2) is 5.51. The summed E-state index contributed by atoms with van der Waals surface area (Å²) in [5.74, 6) is 1.03. The molecule has 19 heavy (non-hydrogen) atoms. The summed E-state index contributed by atoms with van der Waals surface area (Å²) in [4.78, 5) is 4.35. The van der Waals surface area contributed by atoms with Gasteiger partial charge in [0.1, 0.15) is 0 Å². The van der Waals surface area contributed by atoms with E-state index < -0.39 is 0 Å². The predicted molar refractivity (Wildman–Crippen MR) is 76.0 cm³/mol. The maximum Gasteiger partial charge on any atom is 0.495 e. The first-order chi connectivity index (χ1) is 8.93. The van der Waals surface area contributed by atoms with Crippen LogP contribution in [0, 0.1) is 5.41 Å². The molecule has 1 aliphatic rings. The van der Waals surface area contributed by atoms with E-state index in [1.807, 2.05) is 0 Å². The second-order valence-electron chi connectivity index (χ2n) is 6.14. The highest BCUT2D eigenvalue weighted by Crippen LogP contribution is 2.24. The monoisotopic (exact) mass is 263 g/mol. The van der Waals surface area contributed by atoms with Gasteiger partial charge in [-0.25, -0.2) is 4.98 Å². The first-order valence-electron chi connectivity index (χ1n) is 6.70. The molecule has 1 saturated heterocycles. The molecule has 0 N–H and O–H groups in total. The Morgan fingerprint density at radius 2 is 1.95 bits per heavy atom. The van der Waals surface area contributed by atoms with Crippen molar-refractivity contribution >= 4 is 12.6 Å². The van der Waals surface area contributed by atoms with Gasteiger partial charge < -0.3 is 14.0 Å². The van der Waals surface area contributed by atoms with Crippen LogP contribution < -0.4 is 10.2 Å². The number of hydrogen-bond donors (Lipinski definition) is 0. The van der Waals surface area contributed by atoms with Gasteiger partial charge in [-0.15, -0.1) is 0 Å². The number of ether oxygens (including phenoxy) is 1. The van der Waals surface area contributed by atoms with Gasteiger partial charge in [0.2, 0.25) is 5.88 Å². The minimum atomic E-state index is -0.316. The van der Waals surface area contributed by atoms with Crippen molar-refractivity contribution in [1.82, 2.24) is 4.98 Å². The lowest BCUT2D eigenvalue weighted by molar-refractivity contribution is 0.0343. The summed E-state index contributed by atoms with van der Waals surface area (Å²) in [5, 5.41) is 0. The van der Waals surface area contributed by atoms with Gasteiger partial charge in [-0.1, -0.05) is 33.8 Å². The fourth-order valence-corrected chi connectivity index (χ4v) is 2.08. The third kappa shape index (κ3) is 3.28. The zero-order valence-corrected chi connectivity index (χ0v) is 12.4. The van der Waals surface area contributed by atoms with Gasteiger partial charge in [-0.3, -0.25) is 0 Å². The summed E-state index contributed by atoms with van der Waals surface area (Å²) >= 11 is 0. The van der Waals surface area contributed by atoms with E-state index in [9.17, 15) is 0 Å². The molecule has 1 aliphatic heterocycles. The number of aromatic nitrogens is 1. The van der Waals surface area contributed by atoms with Crippen LogP contribution >= 0.6 is 0 Å². The first kappa shape index (κ1) is 14.3. The fraction of sp³-hybridized carbons (Fsp3) is 0.643. The van der Waals surface area contributed by atoms with Crippen molar-refractivity contribution in [1.29, 1.82) is 0 Å². The Balaban J connectivity index is 2.20. The normalized spacial score (nSPS) is 18.7. The third-order valence-corrected chi connectivity index (χ3v) is 3.24. The zero-order valence-electron chi connectivity index (χ0n) is 12.4. The number of rotatable bonds is 3. The lowest BCUT2D eigenvalue weighted by atomic mass is 9.76. The third-order valence-electron chi connectivity index (χ3n) is 3.24. The molecule has 5 heteroatoms. The van der Waals surface area contributed by atoms with Crippen molar-refractivity contribution in [3.8, 4) is 5.88 Å². The number of pyridine rings is 1. The Kier molecular flexibility index (Phi) is 4.16. The highest BCUT2D eigenvalue weighted by atomic mass is 16.6. The minimum Gasteiger partial charge on any atom is -0.481 e. The Hall–Kier alpha value is -1.07. The van der Waals surface area contributed by atoms with E-state index >= 15 is 0 Å². The van der Waals surface area contributed by atoms with E-state index in [0.29, 0.717) is 25.0 Å². The zero-order chi connectivity index (χ0) is 14.0. The summed E-state index contributed by atoms with van der Waals surface area (Å²) in [6.07, 6.45) is 1.77. The molecule has 104 valence electrons. The molecular formula is C14H22BNO3. The largest absolute Gasteiger partial charge is 0.495 e. The standard InChI is InChI=1S/C14H22BNO3/c1-10(2)12-6-11(7-16-13(12)17-5)15-18-8-14(3,4)9-19-15/h6-7,10H,8-9H2,1-5H3. The highest BCUT2D eigenvalue weighted by molar-refractivity contribution is 6.61. The lowest BCUT2D eigenvalue weighted by Gasteiger charge is -2.33. The van der Waals surface area contributed by atoms with Crippen LogP contribution in [-0.2, 0) is 9.31 Å². The second-order valence-corrected chi connectivity index (χ2v) is 6.14. The van der Waals surface area contributed by atoms with Crippen LogP contribution in [0.4, 0.5) is 0 Å². The Morgan fingerprint density at radius 3 is 2.47 bits per heavy atom. The Bertz CT molecular complexity index is 438. The van der Waals surface area contributed by atoms with E-state index in [1.165, 1.54) is 0 Å². The van der Waals surface area contributed by atoms with Crippen LogP contribution in [0.3, 0.4) is 0 Å². The van der Waals surface area contributed by atoms with E-state index in [4.69, 9.17) is 14.0 Å². The van der Waals surface area contributed by atoms with Gasteiger partial charge in [-0.05, 0) is 5.92 Å². The molecule has 0 amide bonds. The highest BCUT2D eigenvalue weighted by Gasteiger charge is 2.34. The molecule has 0 atom stereocenters. The number of methoxy groups -OCH3 is 1. The van der Waals surface area contributed by atoms with E-state index in [0.717, 1.165) is 11.0 Å². The molecular weight excluding hydrogens is 241 g/mol. The molecule has 0 radical (unpaired) electrons.